The largest absolute Gasteiger partial charge is 1.00 e. The van der Waals surface area contributed by atoms with Gasteiger partial charge in [0.2, 0.25) is 0 Å². The molecule has 2 aromatic rings. The number of rotatable bonds is 3. The number of esters is 1. The molecule has 0 aliphatic heterocycles. The highest BCUT2D eigenvalue weighted by Crippen LogP contribution is 2.00. The van der Waals surface area contributed by atoms with Crippen LogP contribution in [0.15, 0.2) is 54.9 Å². The standard InChI is InChI=1S/C14H14NO2.BrH/c1-17-14(16)13-8-5-9-15(11-13)10-12-6-3-2-4-7-12;/h2-9,11H,10H2,1H3;1H/q+1;/p-1. The second kappa shape index (κ2) is 6.91. The molecule has 0 unspecified atom stereocenters. The lowest BCUT2D eigenvalue weighted by atomic mass is 10.2. The number of pyridine rings is 1. The maximum atomic E-state index is 11.4. The van der Waals surface area contributed by atoms with E-state index in [2.05, 4.69) is 16.9 Å². The fourth-order valence-electron chi connectivity index (χ4n) is 1.65. The highest BCUT2D eigenvalue weighted by atomic mass is 79.9. The van der Waals surface area contributed by atoms with Crippen molar-refractivity contribution < 1.29 is 31.1 Å². The Hall–Kier alpha value is -1.68. The number of hydrogen-bond donors (Lipinski definition) is 0. The summed E-state index contributed by atoms with van der Waals surface area (Å²) in [5.74, 6) is -0.313. The summed E-state index contributed by atoms with van der Waals surface area (Å²) in [7, 11) is 1.39. The Bertz CT molecular complexity index is 514. The summed E-state index contributed by atoms with van der Waals surface area (Å²) in [6.07, 6.45) is 3.72. The van der Waals surface area contributed by atoms with Gasteiger partial charge in [0.05, 0.1) is 7.11 Å². The van der Waals surface area contributed by atoms with Gasteiger partial charge >= 0.3 is 5.97 Å². The summed E-state index contributed by atoms with van der Waals surface area (Å²) in [4.78, 5) is 11.4. The van der Waals surface area contributed by atoms with E-state index < -0.39 is 0 Å². The van der Waals surface area contributed by atoms with Crippen molar-refractivity contribution in [1.82, 2.24) is 0 Å². The van der Waals surface area contributed by atoms with E-state index >= 15 is 0 Å². The van der Waals surface area contributed by atoms with Crippen molar-refractivity contribution in [3.8, 4) is 0 Å². The average Bonchev–Trinajstić information content (AvgIpc) is 2.39. The Morgan fingerprint density at radius 2 is 1.89 bits per heavy atom. The van der Waals surface area contributed by atoms with Crippen molar-refractivity contribution in [2.24, 2.45) is 0 Å². The summed E-state index contributed by atoms with van der Waals surface area (Å²) in [6, 6.07) is 13.7. The van der Waals surface area contributed by atoms with Gasteiger partial charge in [0.1, 0.15) is 5.56 Å². The van der Waals surface area contributed by atoms with Crippen LogP contribution in [0.3, 0.4) is 0 Å². The zero-order valence-corrected chi connectivity index (χ0v) is 11.6. The van der Waals surface area contributed by atoms with E-state index in [1.165, 1.54) is 12.7 Å². The number of halogens is 1. The highest BCUT2D eigenvalue weighted by Gasteiger charge is 2.10. The number of carbonyl (C=O) groups excluding carboxylic acids is 1. The van der Waals surface area contributed by atoms with Gasteiger partial charge in [-0.1, -0.05) is 30.3 Å². The molecule has 1 aromatic carbocycles. The summed E-state index contributed by atoms with van der Waals surface area (Å²) < 4.78 is 6.65. The van der Waals surface area contributed by atoms with Crippen LogP contribution in [0.25, 0.3) is 0 Å². The van der Waals surface area contributed by atoms with Crippen molar-refractivity contribution in [3.63, 3.8) is 0 Å². The lowest BCUT2D eigenvalue weighted by Gasteiger charge is -2.00. The predicted octanol–water partition coefficient (Wildman–Crippen LogP) is -1.19. The Morgan fingerprint density at radius 3 is 2.56 bits per heavy atom. The zero-order valence-electron chi connectivity index (χ0n) is 10.0. The van der Waals surface area contributed by atoms with E-state index in [1.54, 1.807) is 12.3 Å². The zero-order chi connectivity index (χ0) is 12.1. The van der Waals surface area contributed by atoms with Gasteiger partial charge in [-0.25, -0.2) is 4.79 Å². The highest BCUT2D eigenvalue weighted by molar-refractivity contribution is 5.88. The molecule has 2 rings (SSSR count). The molecule has 0 aliphatic carbocycles. The Morgan fingerprint density at radius 1 is 1.17 bits per heavy atom. The normalized spacial score (nSPS) is 9.39. The van der Waals surface area contributed by atoms with Crippen LogP contribution in [-0.4, -0.2) is 13.1 Å². The number of ether oxygens (including phenoxy) is 1. The maximum Gasteiger partial charge on any atom is 0.343 e. The first kappa shape index (κ1) is 14.4. The number of benzene rings is 1. The van der Waals surface area contributed by atoms with Gasteiger partial charge in [-0.15, -0.1) is 0 Å². The van der Waals surface area contributed by atoms with E-state index in [1.807, 2.05) is 35.0 Å². The Labute approximate surface area is 117 Å². The van der Waals surface area contributed by atoms with Gasteiger partial charge < -0.3 is 21.7 Å². The molecule has 4 heteroatoms. The monoisotopic (exact) mass is 307 g/mol. The Balaban J connectivity index is 0.00000162. The lowest BCUT2D eigenvalue weighted by molar-refractivity contribution is -0.688. The SMILES string of the molecule is COC(=O)c1ccc[n+](Cc2ccccc2)c1.[Br-]. The second-order valence-corrected chi connectivity index (χ2v) is 3.74. The lowest BCUT2D eigenvalue weighted by Crippen LogP contribution is -3.00. The molecule has 0 atom stereocenters. The van der Waals surface area contributed by atoms with E-state index in [4.69, 9.17) is 0 Å². The van der Waals surface area contributed by atoms with E-state index in [0.29, 0.717) is 5.56 Å². The van der Waals surface area contributed by atoms with E-state index in [-0.39, 0.29) is 23.0 Å². The number of hydrogen-bond acceptors (Lipinski definition) is 2. The van der Waals surface area contributed by atoms with Crippen molar-refractivity contribution >= 4 is 5.97 Å². The van der Waals surface area contributed by atoms with Crippen LogP contribution in [0.4, 0.5) is 0 Å². The van der Waals surface area contributed by atoms with Gasteiger partial charge in [0.15, 0.2) is 18.9 Å². The molecule has 0 bridgehead atoms. The summed E-state index contributed by atoms with van der Waals surface area (Å²) in [6.45, 7) is 0.742. The van der Waals surface area contributed by atoms with E-state index in [0.717, 1.165) is 6.54 Å². The van der Waals surface area contributed by atoms with Crippen molar-refractivity contribution in [2.45, 2.75) is 6.54 Å². The molecule has 1 heterocycles. The van der Waals surface area contributed by atoms with E-state index in [9.17, 15) is 4.79 Å². The minimum Gasteiger partial charge on any atom is -1.00 e. The van der Waals surface area contributed by atoms with Crippen LogP contribution in [0.1, 0.15) is 15.9 Å². The average molecular weight is 308 g/mol. The number of carbonyl (C=O) groups is 1. The summed E-state index contributed by atoms with van der Waals surface area (Å²) in [5.41, 5.74) is 1.76. The third kappa shape index (κ3) is 3.67. The van der Waals surface area contributed by atoms with Crippen molar-refractivity contribution in [3.05, 3.63) is 66.0 Å². The molecule has 0 amide bonds. The quantitative estimate of drug-likeness (QED) is 0.527. The second-order valence-electron chi connectivity index (χ2n) is 3.74. The molecule has 1 aromatic heterocycles. The first-order valence-corrected chi connectivity index (χ1v) is 5.41. The first-order valence-electron chi connectivity index (χ1n) is 5.41. The molecular weight excluding hydrogens is 294 g/mol. The summed E-state index contributed by atoms with van der Waals surface area (Å²) in [5, 5.41) is 0. The van der Waals surface area contributed by atoms with Gasteiger partial charge in [-0.05, 0) is 6.07 Å². The molecule has 0 radical (unpaired) electrons. The molecule has 0 saturated carbocycles. The molecule has 18 heavy (non-hydrogen) atoms. The maximum absolute atomic E-state index is 11.4. The molecule has 94 valence electrons. The fourth-order valence-corrected chi connectivity index (χ4v) is 1.65. The fraction of sp³-hybridized carbons (Fsp3) is 0.143. The molecule has 0 aliphatic rings. The van der Waals surface area contributed by atoms with Crippen LogP contribution in [0.2, 0.25) is 0 Å². The van der Waals surface area contributed by atoms with Crippen LogP contribution in [0, 0.1) is 0 Å². The third-order valence-electron chi connectivity index (χ3n) is 2.49. The number of aromatic nitrogens is 1. The third-order valence-corrected chi connectivity index (χ3v) is 2.49. The van der Waals surface area contributed by atoms with Gasteiger partial charge in [-0.2, -0.15) is 4.57 Å². The molecule has 3 nitrogen and oxygen atoms in total. The van der Waals surface area contributed by atoms with Gasteiger partial charge in [0, 0.05) is 11.6 Å². The minimum absolute atomic E-state index is 0. The molecule has 0 fully saturated rings. The smallest absolute Gasteiger partial charge is 0.343 e. The number of methoxy groups -OCH3 is 1. The van der Waals surface area contributed by atoms with Gasteiger partial charge in [-0.3, -0.25) is 0 Å². The molecule has 0 N–H and O–H groups in total. The summed E-state index contributed by atoms with van der Waals surface area (Å²) >= 11 is 0. The van der Waals surface area contributed by atoms with Crippen LogP contribution in [0.5, 0.6) is 0 Å². The van der Waals surface area contributed by atoms with Crippen LogP contribution >= 0.6 is 0 Å². The van der Waals surface area contributed by atoms with Crippen molar-refractivity contribution in [2.75, 3.05) is 7.11 Å². The molecule has 0 spiro atoms. The van der Waals surface area contributed by atoms with Crippen molar-refractivity contribution in [1.29, 1.82) is 0 Å². The molecular formula is C14H14BrNO2. The Kier molecular flexibility index (Phi) is 5.52. The van der Waals surface area contributed by atoms with Crippen LogP contribution < -0.4 is 21.5 Å². The minimum atomic E-state index is -0.313. The molecule has 0 saturated heterocycles. The number of nitrogens with zero attached hydrogens (tertiary/aromatic N) is 1. The topological polar surface area (TPSA) is 30.2 Å². The first-order chi connectivity index (χ1) is 8.29. The van der Waals surface area contributed by atoms with Crippen LogP contribution in [-0.2, 0) is 11.3 Å². The van der Waals surface area contributed by atoms with Gasteiger partial charge in [0.25, 0.3) is 0 Å². The predicted molar refractivity (Wildman–Crippen MR) is 63.5 cm³/mol.